The Balaban J connectivity index is 1.98. The van der Waals surface area contributed by atoms with E-state index in [0.717, 1.165) is 25.3 Å². The zero-order valence-electron chi connectivity index (χ0n) is 10.7. The van der Waals surface area contributed by atoms with Crippen LogP contribution >= 0.6 is 0 Å². The molecule has 1 fully saturated rings. The molecular formula is C13H18N2O3. The largest absolute Gasteiger partial charge is 0.478 e. The lowest BCUT2D eigenvalue weighted by Gasteiger charge is -2.35. The van der Waals surface area contributed by atoms with Crippen LogP contribution < -0.4 is 0 Å². The average Bonchev–Trinajstić information content (AvgIpc) is 2.28. The van der Waals surface area contributed by atoms with E-state index in [1.807, 2.05) is 0 Å². The van der Waals surface area contributed by atoms with Gasteiger partial charge in [-0.3, -0.25) is 9.88 Å². The van der Waals surface area contributed by atoms with Crippen molar-refractivity contribution in [2.24, 2.45) is 0 Å². The van der Waals surface area contributed by atoms with Crippen molar-refractivity contribution in [2.45, 2.75) is 32.6 Å². The molecule has 0 aliphatic carbocycles. The molecule has 2 rings (SSSR count). The lowest BCUT2D eigenvalue weighted by Crippen LogP contribution is -2.44. The summed E-state index contributed by atoms with van der Waals surface area (Å²) in [6, 6.07) is 3.37. The molecule has 0 unspecified atom stereocenters. The Morgan fingerprint density at radius 2 is 2.11 bits per heavy atom. The molecule has 1 aliphatic heterocycles. The van der Waals surface area contributed by atoms with Crippen LogP contribution in [0.4, 0.5) is 0 Å². The third-order valence-corrected chi connectivity index (χ3v) is 2.95. The van der Waals surface area contributed by atoms with E-state index in [1.54, 1.807) is 12.1 Å². The summed E-state index contributed by atoms with van der Waals surface area (Å²) in [6.45, 7) is 6.62. The van der Waals surface area contributed by atoms with Gasteiger partial charge >= 0.3 is 5.97 Å². The summed E-state index contributed by atoms with van der Waals surface area (Å²) in [7, 11) is 0. The van der Waals surface area contributed by atoms with E-state index in [-0.39, 0.29) is 17.8 Å². The predicted octanol–water partition coefficient (Wildman–Crippen LogP) is 1.39. The van der Waals surface area contributed by atoms with E-state index < -0.39 is 5.97 Å². The van der Waals surface area contributed by atoms with E-state index >= 15 is 0 Å². The summed E-state index contributed by atoms with van der Waals surface area (Å²) >= 11 is 0. The second kappa shape index (κ2) is 5.46. The van der Waals surface area contributed by atoms with Gasteiger partial charge in [0.2, 0.25) is 0 Å². The van der Waals surface area contributed by atoms with E-state index in [0.29, 0.717) is 0 Å². The number of aromatic carboxylic acids is 1. The quantitative estimate of drug-likeness (QED) is 0.878. The summed E-state index contributed by atoms with van der Waals surface area (Å²) in [5.41, 5.74) is 1.11. The second-order valence-electron chi connectivity index (χ2n) is 4.79. The first-order chi connectivity index (χ1) is 8.54. The van der Waals surface area contributed by atoms with Gasteiger partial charge in [0.15, 0.2) is 0 Å². The van der Waals surface area contributed by atoms with Gasteiger partial charge in [0.05, 0.1) is 23.5 Å². The zero-order valence-corrected chi connectivity index (χ0v) is 10.7. The van der Waals surface area contributed by atoms with Crippen molar-refractivity contribution < 1.29 is 14.6 Å². The van der Waals surface area contributed by atoms with Gasteiger partial charge in [0, 0.05) is 25.8 Å². The third kappa shape index (κ3) is 3.27. The molecule has 2 heterocycles. The molecular weight excluding hydrogens is 232 g/mol. The van der Waals surface area contributed by atoms with Crippen LogP contribution in [0.5, 0.6) is 0 Å². The Morgan fingerprint density at radius 1 is 1.44 bits per heavy atom. The number of nitrogens with zero attached hydrogens (tertiary/aromatic N) is 2. The molecule has 0 bridgehead atoms. The standard InChI is InChI=1S/C13H18N2O3/c1-9-6-15(7-10(2)18-9)8-12-4-3-11(5-14-12)13(16)17/h3-5,9-10H,6-8H2,1-2H3,(H,16,17)/t9-,10+. The van der Waals surface area contributed by atoms with Crippen molar-refractivity contribution in [3.63, 3.8) is 0 Å². The van der Waals surface area contributed by atoms with E-state index in [9.17, 15) is 4.79 Å². The number of hydrogen-bond acceptors (Lipinski definition) is 4. The lowest BCUT2D eigenvalue weighted by atomic mass is 10.2. The molecule has 18 heavy (non-hydrogen) atoms. The highest BCUT2D eigenvalue weighted by atomic mass is 16.5. The maximum Gasteiger partial charge on any atom is 0.337 e. The third-order valence-electron chi connectivity index (χ3n) is 2.95. The second-order valence-corrected chi connectivity index (χ2v) is 4.79. The Hall–Kier alpha value is -1.46. The van der Waals surface area contributed by atoms with Crippen molar-refractivity contribution >= 4 is 5.97 Å². The summed E-state index contributed by atoms with van der Waals surface area (Å²) in [6.07, 6.45) is 1.87. The Bertz CT molecular complexity index is 409. The highest BCUT2D eigenvalue weighted by Gasteiger charge is 2.22. The fourth-order valence-electron chi connectivity index (χ4n) is 2.29. The average molecular weight is 250 g/mol. The van der Waals surface area contributed by atoms with Crippen molar-refractivity contribution in [3.8, 4) is 0 Å². The fraction of sp³-hybridized carbons (Fsp3) is 0.538. The smallest absolute Gasteiger partial charge is 0.337 e. The molecule has 1 aromatic rings. The minimum absolute atomic E-state index is 0.225. The van der Waals surface area contributed by atoms with E-state index in [2.05, 4.69) is 23.7 Å². The predicted molar refractivity (Wildman–Crippen MR) is 66.5 cm³/mol. The van der Waals surface area contributed by atoms with Crippen molar-refractivity contribution in [3.05, 3.63) is 29.6 Å². The van der Waals surface area contributed by atoms with Gasteiger partial charge in [-0.1, -0.05) is 0 Å². The first kappa shape index (κ1) is 13.0. The minimum Gasteiger partial charge on any atom is -0.478 e. The summed E-state index contributed by atoms with van der Waals surface area (Å²) in [5, 5.41) is 8.80. The Labute approximate surface area is 106 Å². The van der Waals surface area contributed by atoms with Gasteiger partial charge in [0.25, 0.3) is 0 Å². The zero-order chi connectivity index (χ0) is 13.1. The molecule has 5 nitrogen and oxygen atoms in total. The van der Waals surface area contributed by atoms with Crippen LogP contribution in [0.1, 0.15) is 29.9 Å². The van der Waals surface area contributed by atoms with Crippen LogP contribution in [-0.2, 0) is 11.3 Å². The Kier molecular flexibility index (Phi) is 3.93. The highest BCUT2D eigenvalue weighted by molar-refractivity contribution is 5.87. The molecule has 1 aromatic heterocycles. The topological polar surface area (TPSA) is 62.7 Å². The molecule has 98 valence electrons. The summed E-state index contributed by atoms with van der Waals surface area (Å²) < 4.78 is 5.66. The number of hydrogen-bond donors (Lipinski definition) is 1. The molecule has 1 N–H and O–H groups in total. The summed E-state index contributed by atoms with van der Waals surface area (Å²) in [5.74, 6) is -0.942. The van der Waals surface area contributed by atoms with Crippen molar-refractivity contribution in [2.75, 3.05) is 13.1 Å². The summed E-state index contributed by atoms with van der Waals surface area (Å²) in [4.78, 5) is 17.2. The van der Waals surface area contributed by atoms with Crippen molar-refractivity contribution in [1.82, 2.24) is 9.88 Å². The van der Waals surface area contributed by atoms with E-state index in [4.69, 9.17) is 9.84 Å². The number of aromatic nitrogens is 1. The van der Waals surface area contributed by atoms with Gasteiger partial charge in [-0.05, 0) is 26.0 Å². The molecule has 0 spiro atoms. The van der Waals surface area contributed by atoms with Gasteiger partial charge < -0.3 is 9.84 Å². The molecule has 5 heteroatoms. The van der Waals surface area contributed by atoms with Crippen LogP contribution in [0.2, 0.25) is 0 Å². The lowest BCUT2D eigenvalue weighted by molar-refractivity contribution is -0.0707. The van der Waals surface area contributed by atoms with Crippen molar-refractivity contribution in [1.29, 1.82) is 0 Å². The SMILES string of the molecule is C[C@@H]1CN(Cc2ccc(C(=O)O)cn2)C[C@H](C)O1. The van der Waals surface area contributed by atoms with Gasteiger partial charge in [0.1, 0.15) is 0 Å². The van der Waals surface area contributed by atoms with Crippen LogP contribution in [0.15, 0.2) is 18.3 Å². The maximum absolute atomic E-state index is 10.7. The first-order valence-electron chi connectivity index (χ1n) is 6.10. The highest BCUT2D eigenvalue weighted by Crippen LogP contribution is 2.13. The van der Waals surface area contributed by atoms with Gasteiger partial charge in [-0.2, -0.15) is 0 Å². The molecule has 2 atom stereocenters. The van der Waals surface area contributed by atoms with Crippen LogP contribution in [0, 0.1) is 0 Å². The number of morpholine rings is 1. The normalized spacial score (nSPS) is 25.0. The van der Waals surface area contributed by atoms with Crippen LogP contribution in [-0.4, -0.2) is 46.3 Å². The number of rotatable bonds is 3. The molecule has 0 aromatic carbocycles. The maximum atomic E-state index is 10.7. The monoisotopic (exact) mass is 250 g/mol. The molecule has 0 amide bonds. The number of carbonyl (C=O) groups is 1. The minimum atomic E-state index is -0.942. The number of carboxylic acid groups (broad SMARTS) is 1. The van der Waals surface area contributed by atoms with Crippen LogP contribution in [0.3, 0.4) is 0 Å². The van der Waals surface area contributed by atoms with Gasteiger partial charge in [-0.15, -0.1) is 0 Å². The first-order valence-corrected chi connectivity index (χ1v) is 6.10. The molecule has 1 aliphatic rings. The molecule has 0 radical (unpaired) electrons. The molecule has 0 saturated carbocycles. The molecule has 1 saturated heterocycles. The number of ether oxygens (including phenoxy) is 1. The number of pyridine rings is 1. The Morgan fingerprint density at radius 3 is 2.61 bits per heavy atom. The van der Waals surface area contributed by atoms with Gasteiger partial charge in [-0.25, -0.2) is 4.79 Å². The van der Waals surface area contributed by atoms with Crippen LogP contribution in [0.25, 0.3) is 0 Å². The fourth-order valence-corrected chi connectivity index (χ4v) is 2.29. The number of carboxylic acids is 1. The van der Waals surface area contributed by atoms with E-state index in [1.165, 1.54) is 6.20 Å².